The van der Waals surface area contributed by atoms with Crippen molar-refractivity contribution in [3.05, 3.63) is 64.1 Å². The molecule has 0 bridgehead atoms. The summed E-state index contributed by atoms with van der Waals surface area (Å²) in [5.41, 5.74) is 2.64. The van der Waals surface area contributed by atoms with Crippen molar-refractivity contribution in [2.45, 2.75) is 25.8 Å². The van der Waals surface area contributed by atoms with Gasteiger partial charge >= 0.3 is 0 Å². The van der Waals surface area contributed by atoms with Crippen LogP contribution in [0.15, 0.2) is 53.0 Å². The topological polar surface area (TPSA) is 21.3 Å². The fourth-order valence-electron chi connectivity index (χ4n) is 2.50. The number of hydrogen-bond acceptors (Lipinski definition) is 2. The summed E-state index contributed by atoms with van der Waals surface area (Å²) in [6, 6.07) is 17.2. The zero-order valence-electron chi connectivity index (χ0n) is 12.6. The zero-order chi connectivity index (χ0) is 15.1. The summed E-state index contributed by atoms with van der Waals surface area (Å²) in [4.78, 5) is 0. The van der Waals surface area contributed by atoms with Gasteiger partial charge in [-0.1, -0.05) is 53.2 Å². The Balaban J connectivity index is 2.12. The van der Waals surface area contributed by atoms with Crippen LogP contribution in [0.2, 0.25) is 0 Å². The average Bonchev–Trinajstić information content (AvgIpc) is 2.51. The van der Waals surface area contributed by atoms with E-state index in [0.29, 0.717) is 6.04 Å². The second-order valence-corrected chi connectivity index (χ2v) is 5.96. The number of methoxy groups -OCH3 is 1. The number of nitrogens with one attached hydrogen (secondary N) is 1. The van der Waals surface area contributed by atoms with E-state index in [-0.39, 0.29) is 0 Å². The van der Waals surface area contributed by atoms with Crippen molar-refractivity contribution in [3.8, 4) is 5.75 Å². The monoisotopic (exact) mass is 347 g/mol. The van der Waals surface area contributed by atoms with E-state index in [1.54, 1.807) is 7.11 Å². The second kappa shape index (κ2) is 8.20. The van der Waals surface area contributed by atoms with Crippen LogP contribution in [0, 0.1) is 0 Å². The summed E-state index contributed by atoms with van der Waals surface area (Å²) in [5, 5.41) is 3.58. The Bertz CT molecular complexity index is 556. The molecule has 2 aromatic rings. The Morgan fingerprint density at radius 2 is 1.86 bits per heavy atom. The van der Waals surface area contributed by atoms with Gasteiger partial charge in [0.05, 0.1) is 7.11 Å². The number of ether oxygens (including phenoxy) is 1. The van der Waals surface area contributed by atoms with E-state index in [2.05, 4.69) is 70.6 Å². The first kappa shape index (κ1) is 16.1. The molecule has 0 radical (unpaired) electrons. The van der Waals surface area contributed by atoms with E-state index in [9.17, 15) is 0 Å². The molecule has 0 aliphatic heterocycles. The predicted molar refractivity (Wildman–Crippen MR) is 92.0 cm³/mol. The lowest BCUT2D eigenvalue weighted by atomic mass is 9.99. The minimum atomic E-state index is 0.417. The first-order chi connectivity index (χ1) is 10.2. The Kier molecular flexibility index (Phi) is 6.27. The van der Waals surface area contributed by atoms with Gasteiger partial charge in [0.15, 0.2) is 0 Å². The van der Waals surface area contributed by atoms with E-state index in [1.165, 1.54) is 11.1 Å². The third kappa shape index (κ3) is 4.87. The summed E-state index contributed by atoms with van der Waals surface area (Å²) in [6.07, 6.45) is 2.00. The van der Waals surface area contributed by atoms with Crippen LogP contribution in [0.5, 0.6) is 5.75 Å². The Labute approximate surface area is 135 Å². The second-order valence-electron chi connectivity index (χ2n) is 5.11. The third-order valence-electron chi connectivity index (χ3n) is 3.54. The van der Waals surface area contributed by atoms with Gasteiger partial charge in [-0.05, 0) is 48.7 Å². The van der Waals surface area contributed by atoms with Gasteiger partial charge in [-0.3, -0.25) is 0 Å². The lowest BCUT2D eigenvalue weighted by Crippen LogP contribution is -2.33. The van der Waals surface area contributed by atoms with Crippen LogP contribution in [0.3, 0.4) is 0 Å². The van der Waals surface area contributed by atoms with Crippen molar-refractivity contribution in [1.82, 2.24) is 5.32 Å². The predicted octanol–water partition coefficient (Wildman–Crippen LogP) is 4.22. The normalized spacial score (nSPS) is 12.1. The molecule has 0 heterocycles. The van der Waals surface area contributed by atoms with Gasteiger partial charge in [-0.2, -0.15) is 0 Å². The molecule has 0 amide bonds. The van der Waals surface area contributed by atoms with Crippen LogP contribution >= 0.6 is 15.9 Å². The summed E-state index contributed by atoms with van der Waals surface area (Å²) < 4.78 is 6.47. The molecular formula is C18H22BrNO. The molecule has 0 aromatic heterocycles. The van der Waals surface area contributed by atoms with E-state index >= 15 is 0 Å². The molecule has 1 atom stereocenters. The van der Waals surface area contributed by atoms with Gasteiger partial charge in [0.1, 0.15) is 5.75 Å². The molecule has 1 unspecified atom stereocenters. The van der Waals surface area contributed by atoms with Crippen molar-refractivity contribution >= 4 is 15.9 Å². The molecule has 0 aliphatic carbocycles. The highest BCUT2D eigenvalue weighted by Crippen LogP contribution is 2.24. The Hall–Kier alpha value is -1.32. The van der Waals surface area contributed by atoms with Crippen LogP contribution < -0.4 is 10.1 Å². The maximum Gasteiger partial charge on any atom is 0.119 e. The standard InChI is InChI=1S/C18H22BrNO/c1-3-20-16(11-14-7-5-4-6-8-14)12-15-13-17(21-2)9-10-18(15)19/h4-10,13,16,20H,3,11-12H2,1-2H3. The molecule has 112 valence electrons. The number of hydrogen-bond donors (Lipinski definition) is 1. The van der Waals surface area contributed by atoms with Crippen LogP contribution in [-0.4, -0.2) is 19.7 Å². The maximum atomic E-state index is 5.33. The molecule has 0 aliphatic rings. The molecule has 0 saturated heterocycles. The molecule has 0 fully saturated rings. The number of halogens is 1. The average molecular weight is 348 g/mol. The highest BCUT2D eigenvalue weighted by atomic mass is 79.9. The summed E-state index contributed by atoms with van der Waals surface area (Å²) >= 11 is 3.64. The fourth-order valence-corrected chi connectivity index (χ4v) is 2.91. The molecule has 0 saturated carbocycles. The van der Waals surface area contributed by atoms with Crippen molar-refractivity contribution < 1.29 is 4.74 Å². The smallest absolute Gasteiger partial charge is 0.119 e. The van der Waals surface area contributed by atoms with E-state index in [1.807, 2.05) is 6.07 Å². The van der Waals surface area contributed by atoms with Gasteiger partial charge in [0.2, 0.25) is 0 Å². The fraction of sp³-hybridized carbons (Fsp3) is 0.333. The molecule has 1 N–H and O–H groups in total. The van der Waals surface area contributed by atoms with Gasteiger partial charge < -0.3 is 10.1 Å². The molecular weight excluding hydrogens is 326 g/mol. The van der Waals surface area contributed by atoms with Gasteiger partial charge in [-0.15, -0.1) is 0 Å². The van der Waals surface area contributed by atoms with Crippen LogP contribution in [-0.2, 0) is 12.8 Å². The minimum Gasteiger partial charge on any atom is -0.497 e. The van der Waals surface area contributed by atoms with Gasteiger partial charge in [0, 0.05) is 10.5 Å². The van der Waals surface area contributed by atoms with Crippen LogP contribution in [0.25, 0.3) is 0 Å². The lowest BCUT2D eigenvalue weighted by molar-refractivity contribution is 0.413. The molecule has 2 aromatic carbocycles. The highest BCUT2D eigenvalue weighted by Gasteiger charge is 2.12. The lowest BCUT2D eigenvalue weighted by Gasteiger charge is -2.19. The summed E-state index contributed by atoms with van der Waals surface area (Å²) in [6.45, 7) is 3.12. The summed E-state index contributed by atoms with van der Waals surface area (Å²) in [5.74, 6) is 0.906. The van der Waals surface area contributed by atoms with E-state index < -0.39 is 0 Å². The van der Waals surface area contributed by atoms with Crippen molar-refractivity contribution in [2.24, 2.45) is 0 Å². The number of benzene rings is 2. The van der Waals surface area contributed by atoms with Crippen LogP contribution in [0.1, 0.15) is 18.1 Å². The number of rotatable bonds is 7. The molecule has 3 heteroatoms. The largest absolute Gasteiger partial charge is 0.497 e. The first-order valence-corrected chi connectivity index (χ1v) is 8.12. The van der Waals surface area contributed by atoms with Crippen LogP contribution in [0.4, 0.5) is 0 Å². The highest BCUT2D eigenvalue weighted by molar-refractivity contribution is 9.10. The summed E-state index contributed by atoms with van der Waals surface area (Å²) in [7, 11) is 1.71. The van der Waals surface area contributed by atoms with Gasteiger partial charge in [-0.25, -0.2) is 0 Å². The zero-order valence-corrected chi connectivity index (χ0v) is 14.2. The molecule has 21 heavy (non-hydrogen) atoms. The molecule has 2 nitrogen and oxygen atoms in total. The molecule has 0 spiro atoms. The van der Waals surface area contributed by atoms with E-state index in [4.69, 9.17) is 4.74 Å². The maximum absolute atomic E-state index is 5.33. The SMILES string of the molecule is CCNC(Cc1ccccc1)Cc1cc(OC)ccc1Br. The Morgan fingerprint density at radius 1 is 1.10 bits per heavy atom. The quantitative estimate of drug-likeness (QED) is 0.809. The van der Waals surface area contributed by atoms with E-state index in [0.717, 1.165) is 29.6 Å². The van der Waals surface area contributed by atoms with Crippen molar-refractivity contribution in [3.63, 3.8) is 0 Å². The molecule has 2 rings (SSSR count). The number of likely N-dealkylation sites (N-methyl/N-ethyl adjacent to an activating group) is 1. The first-order valence-electron chi connectivity index (χ1n) is 7.32. The van der Waals surface area contributed by atoms with Gasteiger partial charge in [0.25, 0.3) is 0 Å². The Morgan fingerprint density at radius 3 is 2.52 bits per heavy atom. The van der Waals surface area contributed by atoms with Crippen molar-refractivity contribution in [1.29, 1.82) is 0 Å². The minimum absolute atomic E-state index is 0.417. The third-order valence-corrected chi connectivity index (χ3v) is 4.31. The van der Waals surface area contributed by atoms with Crippen molar-refractivity contribution in [2.75, 3.05) is 13.7 Å².